The largest absolute Gasteiger partial charge is 0.497 e. The van der Waals surface area contributed by atoms with Crippen LogP contribution in [0.25, 0.3) is 5.65 Å². The SMILES string of the molecule is COc1cc(CNc2ccn3ncc(C(=O)NC4CCCCC4)c3n2)cc(OC)c1. The van der Waals surface area contributed by atoms with Gasteiger partial charge >= 0.3 is 0 Å². The standard InChI is InChI=1S/C22H27N5O3/c1-29-17-10-15(11-18(12-17)30-2)13-23-20-8-9-27-21(26-20)19(14-24-27)22(28)25-16-6-4-3-5-7-16/h8-12,14,16H,3-7,13H2,1-2H3,(H,23,26)(H,25,28). The van der Waals surface area contributed by atoms with Gasteiger partial charge in [-0.3, -0.25) is 4.79 Å². The molecule has 1 fully saturated rings. The number of nitrogens with one attached hydrogen (secondary N) is 2. The highest BCUT2D eigenvalue weighted by molar-refractivity contribution is 5.99. The molecule has 0 aliphatic heterocycles. The Morgan fingerprint density at radius 3 is 2.57 bits per heavy atom. The van der Waals surface area contributed by atoms with Crippen molar-refractivity contribution in [3.05, 3.63) is 47.8 Å². The first-order valence-corrected chi connectivity index (χ1v) is 10.3. The molecule has 0 atom stereocenters. The van der Waals surface area contributed by atoms with Crippen molar-refractivity contribution in [2.75, 3.05) is 19.5 Å². The molecular weight excluding hydrogens is 382 g/mol. The van der Waals surface area contributed by atoms with Crippen molar-refractivity contribution in [3.8, 4) is 11.5 Å². The summed E-state index contributed by atoms with van der Waals surface area (Å²) in [4.78, 5) is 17.4. The lowest BCUT2D eigenvalue weighted by atomic mass is 9.95. The third-order valence-corrected chi connectivity index (χ3v) is 5.44. The molecule has 2 heterocycles. The number of methoxy groups -OCH3 is 2. The predicted octanol–water partition coefficient (Wildman–Crippen LogP) is 3.42. The number of carbonyl (C=O) groups excluding carboxylic acids is 1. The van der Waals surface area contributed by atoms with Crippen molar-refractivity contribution < 1.29 is 14.3 Å². The van der Waals surface area contributed by atoms with E-state index in [0.717, 1.165) is 29.9 Å². The van der Waals surface area contributed by atoms with Crippen LogP contribution in [-0.4, -0.2) is 40.8 Å². The number of carbonyl (C=O) groups is 1. The van der Waals surface area contributed by atoms with Gasteiger partial charge < -0.3 is 20.1 Å². The third kappa shape index (κ3) is 4.48. The number of amides is 1. The second kappa shape index (κ2) is 9.02. The van der Waals surface area contributed by atoms with Gasteiger partial charge in [0.05, 0.1) is 20.4 Å². The summed E-state index contributed by atoms with van der Waals surface area (Å²) in [7, 11) is 3.25. The fraction of sp³-hybridized carbons (Fsp3) is 0.409. The number of rotatable bonds is 7. The average molecular weight is 409 g/mol. The third-order valence-electron chi connectivity index (χ3n) is 5.44. The Kier molecular flexibility index (Phi) is 6.02. The van der Waals surface area contributed by atoms with Gasteiger partial charge in [0.25, 0.3) is 5.91 Å². The maximum atomic E-state index is 12.8. The van der Waals surface area contributed by atoms with Gasteiger partial charge in [-0.1, -0.05) is 19.3 Å². The molecule has 1 aromatic carbocycles. The summed E-state index contributed by atoms with van der Waals surface area (Å²) >= 11 is 0. The van der Waals surface area contributed by atoms with Crippen LogP contribution in [0.4, 0.5) is 5.82 Å². The molecule has 1 saturated carbocycles. The molecule has 2 N–H and O–H groups in total. The van der Waals surface area contributed by atoms with Crippen LogP contribution in [0.1, 0.15) is 48.0 Å². The van der Waals surface area contributed by atoms with E-state index in [1.54, 1.807) is 31.1 Å². The number of benzene rings is 1. The number of fused-ring (bicyclic) bond motifs is 1. The minimum atomic E-state index is -0.112. The summed E-state index contributed by atoms with van der Waals surface area (Å²) in [6.45, 7) is 0.536. The van der Waals surface area contributed by atoms with Gasteiger partial charge in [0.2, 0.25) is 0 Å². The Bertz CT molecular complexity index is 1000. The van der Waals surface area contributed by atoms with E-state index in [9.17, 15) is 4.79 Å². The molecule has 8 nitrogen and oxygen atoms in total. The molecule has 0 spiro atoms. The molecular formula is C22H27N5O3. The summed E-state index contributed by atoms with van der Waals surface area (Å²) in [5.41, 5.74) is 2.03. The zero-order chi connectivity index (χ0) is 20.9. The maximum absolute atomic E-state index is 12.8. The Balaban J connectivity index is 1.49. The zero-order valence-electron chi connectivity index (χ0n) is 17.4. The molecule has 1 amide bonds. The first-order valence-electron chi connectivity index (χ1n) is 10.3. The van der Waals surface area contributed by atoms with Crippen molar-refractivity contribution in [1.82, 2.24) is 19.9 Å². The van der Waals surface area contributed by atoms with Crippen LogP contribution >= 0.6 is 0 Å². The molecule has 0 radical (unpaired) electrons. The lowest BCUT2D eigenvalue weighted by Crippen LogP contribution is -2.36. The van der Waals surface area contributed by atoms with Crippen LogP contribution < -0.4 is 20.1 Å². The molecule has 158 valence electrons. The monoisotopic (exact) mass is 409 g/mol. The topological polar surface area (TPSA) is 89.8 Å². The van der Waals surface area contributed by atoms with E-state index in [4.69, 9.17) is 9.47 Å². The van der Waals surface area contributed by atoms with E-state index < -0.39 is 0 Å². The van der Waals surface area contributed by atoms with E-state index in [-0.39, 0.29) is 11.9 Å². The molecule has 30 heavy (non-hydrogen) atoms. The highest BCUT2D eigenvalue weighted by atomic mass is 16.5. The van der Waals surface area contributed by atoms with Gasteiger partial charge in [-0.2, -0.15) is 5.10 Å². The Morgan fingerprint density at radius 2 is 1.87 bits per heavy atom. The van der Waals surface area contributed by atoms with Gasteiger partial charge in [0.1, 0.15) is 22.9 Å². The Hall–Kier alpha value is -3.29. The minimum Gasteiger partial charge on any atom is -0.497 e. The molecule has 2 aromatic heterocycles. The van der Waals surface area contributed by atoms with E-state index in [1.807, 2.05) is 24.3 Å². The lowest BCUT2D eigenvalue weighted by molar-refractivity contribution is 0.0929. The van der Waals surface area contributed by atoms with Gasteiger partial charge in [-0.25, -0.2) is 9.50 Å². The van der Waals surface area contributed by atoms with Crippen LogP contribution in [0.15, 0.2) is 36.7 Å². The van der Waals surface area contributed by atoms with Gasteiger partial charge in [-0.15, -0.1) is 0 Å². The predicted molar refractivity (Wildman–Crippen MR) is 114 cm³/mol. The van der Waals surface area contributed by atoms with Crippen molar-refractivity contribution in [1.29, 1.82) is 0 Å². The summed E-state index contributed by atoms with van der Waals surface area (Å²) in [5.74, 6) is 2.01. The summed E-state index contributed by atoms with van der Waals surface area (Å²) in [6.07, 6.45) is 9.04. The lowest BCUT2D eigenvalue weighted by Gasteiger charge is -2.22. The highest BCUT2D eigenvalue weighted by Gasteiger charge is 2.20. The van der Waals surface area contributed by atoms with Crippen LogP contribution in [0.2, 0.25) is 0 Å². The molecule has 1 aliphatic rings. The minimum absolute atomic E-state index is 0.112. The number of hydrogen-bond donors (Lipinski definition) is 2. The molecule has 0 saturated heterocycles. The number of anilines is 1. The average Bonchev–Trinajstić information content (AvgIpc) is 3.21. The van der Waals surface area contributed by atoms with Gasteiger partial charge in [0.15, 0.2) is 5.65 Å². The van der Waals surface area contributed by atoms with Gasteiger partial charge in [0, 0.05) is 24.8 Å². The highest BCUT2D eigenvalue weighted by Crippen LogP contribution is 2.23. The fourth-order valence-electron chi connectivity index (χ4n) is 3.80. The number of ether oxygens (including phenoxy) is 2. The van der Waals surface area contributed by atoms with Crippen LogP contribution in [0.3, 0.4) is 0 Å². The van der Waals surface area contributed by atoms with Crippen LogP contribution in [-0.2, 0) is 6.54 Å². The first kappa shape index (κ1) is 20.0. The van der Waals surface area contributed by atoms with Crippen LogP contribution in [0.5, 0.6) is 11.5 Å². The second-order valence-electron chi connectivity index (χ2n) is 7.52. The summed E-state index contributed by atoms with van der Waals surface area (Å²) in [5, 5.41) is 10.7. The van der Waals surface area contributed by atoms with E-state index in [1.165, 1.54) is 19.3 Å². The number of nitrogens with zero attached hydrogens (tertiary/aromatic N) is 3. The smallest absolute Gasteiger partial charge is 0.256 e. The van der Waals surface area contributed by atoms with Crippen molar-refractivity contribution in [2.45, 2.75) is 44.7 Å². The zero-order valence-corrected chi connectivity index (χ0v) is 17.4. The Morgan fingerprint density at radius 1 is 1.13 bits per heavy atom. The first-order chi connectivity index (χ1) is 14.7. The molecule has 1 aliphatic carbocycles. The fourth-order valence-corrected chi connectivity index (χ4v) is 3.80. The number of aromatic nitrogens is 3. The maximum Gasteiger partial charge on any atom is 0.256 e. The molecule has 3 aromatic rings. The molecule has 0 bridgehead atoms. The van der Waals surface area contributed by atoms with Crippen molar-refractivity contribution in [3.63, 3.8) is 0 Å². The molecule has 0 unspecified atom stereocenters. The quantitative estimate of drug-likeness (QED) is 0.622. The van der Waals surface area contributed by atoms with E-state index in [2.05, 4.69) is 20.7 Å². The molecule has 4 rings (SSSR count). The van der Waals surface area contributed by atoms with Crippen molar-refractivity contribution in [2.24, 2.45) is 0 Å². The van der Waals surface area contributed by atoms with E-state index >= 15 is 0 Å². The summed E-state index contributed by atoms with van der Waals surface area (Å²) in [6, 6.07) is 7.79. The van der Waals surface area contributed by atoms with Crippen LogP contribution in [0, 0.1) is 0 Å². The molecule has 8 heteroatoms. The normalized spacial score (nSPS) is 14.5. The van der Waals surface area contributed by atoms with Crippen molar-refractivity contribution >= 4 is 17.4 Å². The second-order valence-corrected chi connectivity index (χ2v) is 7.52. The van der Waals surface area contributed by atoms with Gasteiger partial charge in [-0.05, 0) is 36.6 Å². The Labute approximate surface area is 175 Å². The van der Waals surface area contributed by atoms with E-state index in [0.29, 0.717) is 23.6 Å². The summed E-state index contributed by atoms with van der Waals surface area (Å²) < 4.78 is 12.3. The number of hydrogen-bond acceptors (Lipinski definition) is 6.